The standard InChI is InChI=1S/C22H37N3O4/c1-6-7-10-24-21(28)19-16-9-8-14(4)17(20(27)23-5)18(16)22(29)25(19)15(12-26)11-13(2)3/h8-9,13-19,26H,6-7,10-12H2,1-5H3,(H,23,27)(H,24,28)/t14-,15-,16+,17-,18-,19+/m1/s1. The minimum atomic E-state index is -0.698. The van der Waals surface area contributed by atoms with Crippen molar-refractivity contribution < 1.29 is 19.5 Å². The zero-order valence-electron chi connectivity index (χ0n) is 18.4. The van der Waals surface area contributed by atoms with Crippen LogP contribution < -0.4 is 10.6 Å². The first kappa shape index (κ1) is 23.4. The van der Waals surface area contributed by atoms with Crippen molar-refractivity contribution in [3.8, 4) is 0 Å². The van der Waals surface area contributed by atoms with Gasteiger partial charge in [-0.1, -0.05) is 46.3 Å². The van der Waals surface area contributed by atoms with Crippen molar-refractivity contribution in [3.63, 3.8) is 0 Å². The average molecular weight is 408 g/mol. The first-order valence-corrected chi connectivity index (χ1v) is 10.9. The lowest BCUT2D eigenvalue weighted by Gasteiger charge is -2.34. The lowest BCUT2D eigenvalue weighted by atomic mass is 9.70. The molecule has 0 bridgehead atoms. The molecule has 6 atom stereocenters. The van der Waals surface area contributed by atoms with Crippen molar-refractivity contribution in [1.82, 2.24) is 15.5 Å². The van der Waals surface area contributed by atoms with Crippen LogP contribution in [0, 0.1) is 29.6 Å². The van der Waals surface area contributed by atoms with Crippen molar-refractivity contribution >= 4 is 17.7 Å². The van der Waals surface area contributed by atoms with Gasteiger partial charge < -0.3 is 20.6 Å². The van der Waals surface area contributed by atoms with E-state index < -0.39 is 23.9 Å². The van der Waals surface area contributed by atoms with Gasteiger partial charge >= 0.3 is 0 Å². The molecule has 1 fully saturated rings. The molecular weight excluding hydrogens is 370 g/mol. The molecule has 0 saturated carbocycles. The second kappa shape index (κ2) is 10.2. The van der Waals surface area contributed by atoms with Crippen molar-refractivity contribution in [3.05, 3.63) is 12.2 Å². The Kier molecular flexibility index (Phi) is 8.25. The Labute approximate surface area is 174 Å². The summed E-state index contributed by atoms with van der Waals surface area (Å²) in [7, 11) is 1.57. The normalized spacial score (nSPS) is 29.7. The van der Waals surface area contributed by atoms with Gasteiger partial charge in [0.05, 0.1) is 24.5 Å². The first-order chi connectivity index (χ1) is 13.8. The zero-order chi connectivity index (χ0) is 21.7. The van der Waals surface area contributed by atoms with Gasteiger partial charge in [0.2, 0.25) is 17.7 Å². The molecule has 7 heteroatoms. The Morgan fingerprint density at radius 1 is 1.24 bits per heavy atom. The van der Waals surface area contributed by atoms with E-state index in [0.717, 1.165) is 12.8 Å². The van der Waals surface area contributed by atoms with Crippen LogP contribution in [0.5, 0.6) is 0 Å². The van der Waals surface area contributed by atoms with Gasteiger partial charge in [-0.05, 0) is 24.7 Å². The largest absolute Gasteiger partial charge is 0.394 e. The molecule has 1 aliphatic heterocycles. The van der Waals surface area contributed by atoms with Crippen molar-refractivity contribution in [2.24, 2.45) is 29.6 Å². The molecule has 2 aliphatic rings. The van der Waals surface area contributed by atoms with Gasteiger partial charge in [0.1, 0.15) is 6.04 Å². The summed E-state index contributed by atoms with van der Waals surface area (Å²) < 4.78 is 0. The maximum Gasteiger partial charge on any atom is 0.243 e. The van der Waals surface area contributed by atoms with E-state index in [0.29, 0.717) is 13.0 Å². The molecular formula is C22H37N3O4. The fourth-order valence-electron chi connectivity index (χ4n) is 4.81. The third-order valence-electron chi connectivity index (χ3n) is 6.20. The Balaban J connectivity index is 2.44. The topological polar surface area (TPSA) is 98.7 Å². The van der Waals surface area contributed by atoms with Crippen molar-refractivity contribution in [2.75, 3.05) is 20.2 Å². The van der Waals surface area contributed by atoms with Gasteiger partial charge in [0, 0.05) is 19.5 Å². The molecule has 0 aromatic rings. The first-order valence-electron chi connectivity index (χ1n) is 10.9. The highest BCUT2D eigenvalue weighted by Crippen LogP contribution is 2.45. The molecule has 1 heterocycles. The van der Waals surface area contributed by atoms with E-state index in [1.54, 1.807) is 11.9 Å². The van der Waals surface area contributed by atoms with Crippen LogP contribution in [-0.4, -0.2) is 60.0 Å². The summed E-state index contributed by atoms with van der Waals surface area (Å²) in [5.74, 6) is -1.89. The Bertz CT molecular complexity index is 634. The number of carbonyl (C=O) groups excluding carboxylic acids is 3. The van der Waals surface area contributed by atoms with E-state index >= 15 is 0 Å². The maximum absolute atomic E-state index is 13.6. The summed E-state index contributed by atoms with van der Waals surface area (Å²) in [5, 5.41) is 15.7. The predicted molar refractivity (Wildman–Crippen MR) is 112 cm³/mol. The minimum Gasteiger partial charge on any atom is -0.394 e. The van der Waals surface area contributed by atoms with Crippen LogP contribution in [0.3, 0.4) is 0 Å². The van der Waals surface area contributed by atoms with Crippen LogP contribution in [0.25, 0.3) is 0 Å². The van der Waals surface area contributed by atoms with Crippen LogP contribution in [-0.2, 0) is 14.4 Å². The number of aliphatic hydroxyl groups is 1. The molecule has 1 aliphatic carbocycles. The fraction of sp³-hybridized carbons (Fsp3) is 0.773. The monoisotopic (exact) mass is 407 g/mol. The highest BCUT2D eigenvalue weighted by Gasteiger charge is 2.57. The number of hydrogen-bond acceptors (Lipinski definition) is 4. The highest BCUT2D eigenvalue weighted by atomic mass is 16.3. The minimum absolute atomic E-state index is 0.0958. The van der Waals surface area contributed by atoms with Gasteiger partial charge in [-0.2, -0.15) is 0 Å². The molecule has 164 valence electrons. The Hall–Kier alpha value is -1.89. The number of rotatable bonds is 9. The molecule has 29 heavy (non-hydrogen) atoms. The number of likely N-dealkylation sites (tertiary alicyclic amines) is 1. The summed E-state index contributed by atoms with van der Waals surface area (Å²) in [5.41, 5.74) is 0. The third kappa shape index (κ3) is 4.82. The SMILES string of the molecule is CCCCNC(=O)[C@@H]1[C@H]2C=C[C@@H](C)[C@@H](C(=O)NC)[C@@H]2C(=O)N1[C@@H](CO)CC(C)C. The van der Waals surface area contributed by atoms with E-state index in [-0.39, 0.29) is 42.1 Å². The smallest absolute Gasteiger partial charge is 0.243 e. The Morgan fingerprint density at radius 2 is 1.93 bits per heavy atom. The number of nitrogens with one attached hydrogen (secondary N) is 2. The van der Waals surface area contributed by atoms with E-state index in [1.165, 1.54) is 0 Å². The number of carbonyl (C=O) groups is 3. The van der Waals surface area contributed by atoms with Gasteiger partial charge in [-0.15, -0.1) is 0 Å². The molecule has 3 N–H and O–H groups in total. The highest BCUT2D eigenvalue weighted by molar-refractivity contribution is 5.97. The van der Waals surface area contributed by atoms with E-state index in [9.17, 15) is 19.5 Å². The maximum atomic E-state index is 13.6. The Morgan fingerprint density at radius 3 is 2.48 bits per heavy atom. The molecule has 7 nitrogen and oxygen atoms in total. The van der Waals surface area contributed by atoms with E-state index in [2.05, 4.69) is 17.6 Å². The molecule has 2 rings (SSSR count). The average Bonchev–Trinajstić information content (AvgIpc) is 2.98. The van der Waals surface area contributed by atoms with Crippen LogP contribution in [0.4, 0.5) is 0 Å². The van der Waals surface area contributed by atoms with Crippen molar-refractivity contribution in [2.45, 2.75) is 59.0 Å². The summed E-state index contributed by atoms with van der Waals surface area (Å²) in [6.07, 6.45) is 6.30. The number of aliphatic hydroxyl groups excluding tert-OH is 1. The third-order valence-corrected chi connectivity index (χ3v) is 6.20. The van der Waals surface area contributed by atoms with Gasteiger partial charge in [-0.3, -0.25) is 14.4 Å². The van der Waals surface area contributed by atoms with Gasteiger partial charge in [0.15, 0.2) is 0 Å². The van der Waals surface area contributed by atoms with E-state index in [4.69, 9.17) is 0 Å². The fourth-order valence-corrected chi connectivity index (χ4v) is 4.81. The van der Waals surface area contributed by atoms with Crippen LogP contribution >= 0.6 is 0 Å². The summed E-state index contributed by atoms with van der Waals surface area (Å²) >= 11 is 0. The number of unbranched alkanes of at least 4 members (excludes halogenated alkanes) is 1. The molecule has 3 amide bonds. The summed E-state index contributed by atoms with van der Waals surface area (Å²) in [4.78, 5) is 40.9. The molecule has 0 aromatic carbocycles. The number of fused-ring (bicyclic) bond motifs is 1. The lowest BCUT2D eigenvalue weighted by molar-refractivity contribution is -0.143. The number of nitrogens with zero attached hydrogens (tertiary/aromatic N) is 1. The second-order valence-electron chi connectivity index (χ2n) is 8.79. The van der Waals surface area contributed by atoms with Crippen LogP contribution in [0.15, 0.2) is 12.2 Å². The molecule has 0 unspecified atom stereocenters. The molecule has 1 saturated heterocycles. The number of allylic oxidation sites excluding steroid dienone is 1. The number of amides is 3. The van der Waals surface area contributed by atoms with Gasteiger partial charge in [0.25, 0.3) is 0 Å². The predicted octanol–water partition coefficient (Wildman–Crippen LogP) is 1.32. The number of hydrogen-bond donors (Lipinski definition) is 3. The molecule has 0 aromatic heterocycles. The van der Waals surface area contributed by atoms with Crippen LogP contribution in [0.1, 0.15) is 47.0 Å². The summed E-state index contributed by atoms with van der Waals surface area (Å²) in [6, 6.07) is -1.14. The molecule has 0 radical (unpaired) electrons. The molecule has 0 spiro atoms. The van der Waals surface area contributed by atoms with E-state index in [1.807, 2.05) is 32.9 Å². The quantitative estimate of drug-likeness (QED) is 0.397. The van der Waals surface area contributed by atoms with Gasteiger partial charge in [-0.25, -0.2) is 0 Å². The van der Waals surface area contributed by atoms with Crippen molar-refractivity contribution in [1.29, 1.82) is 0 Å². The zero-order valence-corrected chi connectivity index (χ0v) is 18.4. The second-order valence-corrected chi connectivity index (χ2v) is 8.79. The van der Waals surface area contributed by atoms with Crippen LogP contribution in [0.2, 0.25) is 0 Å². The lowest BCUT2D eigenvalue weighted by Crippen LogP contribution is -2.52. The summed E-state index contributed by atoms with van der Waals surface area (Å²) in [6.45, 7) is 8.39.